The molecule has 1 aromatic heterocycles. The van der Waals surface area contributed by atoms with E-state index in [-0.39, 0.29) is 11.6 Å². The van der Waals surface area contributed by atoms with Gasteiger partial charge in [-0.25, -0.2) is 13.8 Å². The average molecular weight is 323 g/mol. The first-order valence-electron chi connectivity index (χ1n) is 5.70. The van der Waals surface area contributed by atoms with Gasteiger partial charge in [-0.2, -0.15) is 0 Å². The molecule has 0 spiro atoms. The Labute approximate surface area is 116 Å². The van der Waals surface area contributed by atoms with Crippen LogP contribution in [0.15, 0.2) is 40.9 Å². The van der Waals surface area contributed by atoms with E-state index in [0.717, 1.165) is 0 Å². The Morgan fingerprint density at radius 2 is 2.00 bits per heavy atom. The van der Waals surface area contributed by atoms with Gasteiger partial charge in [0.1, 0.15) is 17.5 Å². The Morgan fingerprint density at radius 3 is 2.84 bits per heavy atom. The zero-order chi connectivity index (χ0) is 13.4. The summed E-state index contributed by atoms with van der Waals surface area (Å²) in [5.74, 6) is -0.0110. The van der Waals surface area contributed by atoms with E-state index in [1.165, 1.54) is 12.1 Å². The molecule has 0 atom stereocenters. The second-order valence-corrected chi connectivity index (χ2v) is 5.09. The highest BCUT2D eigenvalue weighted by Crippen LogP contribution is 2.21. The van der Waals surface area contributed by atoms with E-state index in [1.54, 1.807) is 24.3 Å². The van der Waals surface area contributed by atoms with Gasteiger partial charge in [0.05, 0.1) is 15.5 Å². The normalized spacial score (nSPS) is 11.1. The van der Waals surface area contributed by atoms with Gasteiger partial charge in [0, 0.05) is 6.42 Å². The summed E-state index contributed by atoms with van der Waals surface area (Å²) in [7, 11) is 0. The van der Waals surface area contributed by atoms with E-state index in [9.17, 15) is 8.78 Å². The third-order valence-electron chi connectivity index (χ3n) is 2.88. The Kier molecular flexibility index (Phi) is 3.06. The Morgan fingerprint density at radius 1 is 1.16 bits per heavy atom. The van der Waals surface area contributed by atoms with Gasteiger partial charge in [0.2, 0.25) is 0 Å². The summed E-state index contributed by atoms with van der Waals surface area (Å²) < 4.78 is 27.4. The fourth-order valence-electron chi connectivity index (χ4n) is 1.98. The fraction of sp³-hybridized carbons (Fsp3) is 0.0714. The number of aromatic amines is 1. The van der Waals surface area contributed by atoms with Gasteiger partial charge < -0.3 is 4.98 Å². The lowest BCUT2D eigenvalue weighted by Gasteiger charge is -2.02. The van der Waals surface area contributed by atoms with Crippen LogP contribution >= 0.6 is 15.9 Å². The number of H-pyrrole nitrogens is 1. The zero-order valence-electron chi connectivity index (χ0n) is 9.75. The maximum Gasteiger partial charge on any atom is 0.141 e. The first-order chi connectivity index (χ1) is 9.13. The van der Waals surface area contributed by atoms with Crippen molar-refractivity contribution in [1.29, 1.82) is 0 Å². The molecule has 3 aromatic rings. The highest BCUT2D eigenvalue weighted by atomic mass is 79.9. The summed E-state index contributed by atoms with van der Waals surface area (Å²) in [5, 5.41) is 0. The van der Waals surface area contributed by atoms with E-state index in [4.69, 9.17) is 0 Å². The first kappa shape index (κ1) is 12.3. The lowest BCUT2D eigenvalue weighted by molar-refractivity contribution is 0.606. The number of nitrogens with zero attached hydrogens (tertiary/aromatic N) is 1. The third-order valence-corrected chi connectivity index (χ3v) is 3.49. The summed E-state index contributed by atoms with van der Waals surface area (Å²) in [6, 6.07) is 9.45. The van der Waals surface area contributed by atoms with Crippen LogP contribution in [0.5, 0.6) is 0 Å². The number of rotatable bonds is 2. The van der Waals surface area contributed by atoms with E-state index in [2.05, 4.69) is 25.9 Å². The van der Waals surface area contributed by atoms with Gasteiger partial charge in [-0.15, -0.1) is 0 Å². The molecule has 3 rings (SSSR count). The molecule has 0 saturated heterocycles. The van der Waals surface area contributed by atoms with Crippen LogP contribution in [0.25, 0.3) is 11.0 Å². The summed E-state index contributed by atoms with van der Waals surface area (Å²) >= 11 is 3.15. The highest BCUT2D eigenvalue weighted by molar-refractivity contribution is 9.10. The molecule has 0 bridgehead atoms. The van der Waals surface area contributed by atoms with Crippen LogP contribution < -0.4 is 0 Å². The second-order valence-electron chi connectivity index (χ2n) is 4.23. The predicted octanol–water partition coefficient (Wildman–Crippen LogP) is 4.19. The van der Waals surface area contributed by atoms with E-state index in [0.29, 0.717) is 33.3 Å². The molecule has 1 N–H and O–H groups in total. The summed E-state index contributed by atoms with van der Waals surface area (Å²) in [6.45, 7) is 0. The minimum Gasteiger partial charge on any atom is -0.342 e. The molecule has 0 radical (unpaired) electrons. The molecular formula is C14H9BrF2N2. The molecule has 0 fully saturated rings. The van der Waals surface area contributed by atoms with Gasteiger partial charge in [0.25, 0.3) is 0 Å². The Balaban J connectivity index is 1.99. The molecule has 0 saturated carbocycles. The van der Waals surface area contributed by atoms with Crippen LogP contribution in [0.3, 0.4) is 0 Å². The molecule has 96 valence electrons. The zero-order valence-corrected chi connectivity index (χ0v) is 11.3. The minimum absolute atomic E-state index is 0.297. The van der Waals surface area contributed by atoms with Crippen LogP contribution in [0.1, 0.15) is 11.4 Å². The lowest BCUT2D eigenvalue weighted by atomic mass is 10.1. The van der Waals surface area contributed by atoms with Gasteiger partial charge in [-0.3, -0.25) is 0 Å². The van der Waals surface area contributed by atoms with E-state index in [1.807, 2.05) is 0 Å². The summed E-state index contributed by atoms with van der Waals surface area (Å²) in [6.07, 6.45) is 0.335. The molecule has 19 heavy (non-hydrogen) atoms. The van der Waals surface area contributed by atoms with Crippen LogP contribution in [0, 0.1) is 11.6 Å². The van der Waals surface area contributed by atoms with Crippen LogP contribution in [-0.4, -0.2) is 9.97 Å². The molecule has 5 heteroatoms. The molecule has 1 heterocycles. The number of benzene rings is 2. The van der Waals surface area contributed by atoms with Gasteiger partial charge in [0.15, 0.2) is 0 Å². The smallest absolute Gasteiger partial charge is 0.141 e. The molecule has 0 aliphatic carbocycles. The van der Waals surface area contributed by atoms with Gasteiger partial charge >= 0.3 is 0 Å². The van der Waals surface area contributed by atoms with Crippen molar-refractivity contribution in [2.75, 3.05) is 0 Å². The fourth-order valence-corrected chi connectivity index (χ4v) is 2.39. The minimum atomic E-state index is -0.323. The van der Waals surface area contributed by atoms with Gasteiger partial charge in [-0.05, 0) is 45.8 Å². The number of aromatic nitrogens is 2. The second kappa shape index (κ2) is 4.74. The third kappa shape index (κ3) is 2.38. The topological polar surface area (TPSA) is 28.7 Å². The number of fused-ring (bicyclic) bond motifs is 1. The van der Waals surface area contributed by atoms with Crippen molar-refractivity contribution in [2.45, 2.75) is 6.42 Å². The molecule has 0 aliphatic heterocycles. The summed E-state index contributed by atoms with van der Waals surface area (Å²) in [5.41, 5.74) is 1.83. The monoisotopic (exact) mass is 322 g/mol. The first-order valence-corrected chi connectivity index (χ1v) is 6.50. The van der Waals surface area contributed by atoms with Crippen molar-refractivity contribution in [3.63, 3.8) is 0 Å². The van der Waals surface area contributed by atoms with Crippen molar-refractivity contribution in [1.82, 2.24) is 9.97 Å². The van der Waals surface area contributed by atoms with Crippen molar-refractivity contribution < 1.29 is 8.78 Å². The van der Waals surface area contributed by atoms with Crippen molar-refractivity contribution >= 4 is 27.0 Å². The SMILES string of the molecule is Fc1ccc2nc(Cc3cccc(Br)c3F)[nH]c2c1. The average Bonchev–Trinajstić information content (AvgIpc) is 2.76. The number of nitrogens with one attached hydrogen (secondary N) is 1. The predicted molar refractivity (Wildman–Crippen MR) is 73.0 cm³/mol. The standard InChI is InChI=1S/C14H9BrF2N2/c15-10-3-1-2-8(14(10)17)6-13-18-11-5-4-9(16)7-12(11)19-13/h1-5,7H,6H2,(H,18,19). The van der Waals surface area contributed by atoms with E-state index < -0.39 is 0 Å². The number of hydrogen-bond acceptors (Lipinski definition) is 1. The number of hydrogen-bond donors (Lipinski definition) is 1. The quantitative estimate of drug-likeness (QED) is 0.752. The molecule has 2 nitrogen and oxygen atoms in total. The number of halogens is 3. The molecular weight excluding hydrogens is 314 g/mol. The van der Waals surface area contributed by atoms with Crippen molar-refractivity contribution in [3.05, 3.63) is 63.9 Å². The Hall–Kier alpha value is -1.75. The molecule has 0 amide bonds. The number of imidazole rings is 1. The molecule has 0 aliphatic rings. The van der Waals surface area contributed by atoms with Crippen LogP contribution in [0.4, 0.5) is 8.78 Å². The maximum absolute atomic E-state index is 13.9. The Bertz CT molecular complexity index is 752. The van der Waals surface area contributed by atoms with Crippen molar-refractivity contribution in [3.8, 4) is 0 Å². The summed E-state index contributed by atoms with van der Waals surface area (Å²) in [4.78, 5) is 7.31. The van der Waals surface area contributed by atoms with Crippen LogP contribution in [0.2, 0.25) is 0 Å². The lowest BCUT2D eigenvalue weighted by Crippen LogP contribution is -1.95. The maximum atomic E-state index is 13.9. The van der Waals surface area contributed by atoms with E-state index >= 15 is 0 Å². The van der Waals surface area contributed by atoms with Crippen LogP contribution in [-0.2, 0) is 6.42 Å². The van der Waals surface area contributed by atoms with Gasteiger partial charge in [-0.1, -0.05) is 12.1 Å². The largest absolute Gasteiger partial charge is 0.342 e. The van der Waals surface area contributed by atoms with Crippen molar-refractivity contribution in [2.24, 2.45) is 0 Å². The molecule has 2 aromatic carbocycles. The highest BCUT2D eigenvalue weighted by Gasteiger charge is 2.09. The molecule has 0 unspecified atom stereocenters.